The van der Waals surface area contributed by atoms with E-state index in [9.17, 15) is 18.4 Å². The standard InChI is InChI=1S/C11H8BrF2N3O3/c12-11-15-4-8(20-11)9(18)16-6-3-7(14)10(19)17(5-6)2-1-13/h3-5H,1-2H2,(H,16,18). The van der Waals surface area contributed by atoms with Gasteiger partial charge < -0.3 is 14.3 Å². The monoisotopic (exact) mass is 347 g/mol. The topological polar surface area (TPSA) is 77.1 Å². The van der Waals surface area contributed by atoms with Gasteiger partial charge in [-0.05, 0) is 0 Å². The number of nitrogens with one attached hydrogen (secondary N) is 1. The number of aryl methyl sites for hydroxylation is 1. The number of oxazole rings is 1. The van der Waals surface area contributed by atoms with Crippen LogP contribution in [-0.2, 0) is 6.54 Å². The Bertz CT molecular complexity index is 698. The first kappa shape index (κ1) is 14.4. The fourth-order valence-electron chi connectivity index (χ4n) is 1.48. The summed E-state index contributed by atoms with van der Waals surface area (Å²) in [7, 11) is 0. The average molecular weight is 348 g/mol. The summed E-state index contributed by atoms with van der Waals surface area (Å²) in [5, 5.41) is 2.32. The first-order valence-electron chi connectivity index (χ1n) is 5.40. The van der Waals surface area contributed by atoms with Crippen LogP contribution in [0, 0.1) is 5.82 Å². The molecule has 0 aromatic carbocycles. The lowest BCUT2D eigenvalue weighted by Gasteiger charge is -2.07. The van der Waals surface area contributed by atoms with Crippen LogP contribution in [0.4, 0.5) is 14.5 Å². The number of pyridine rings is 1. The normalized spacial score (nSPS) is 10.6. The summed E-state index contributed by atoms with van der Waals surface area (Å²) in [6, 6.07) is 0.848. The Morgan fingerprint density at radius 3 is 2.90 bits per heavy atom. The Kier molecular flexibility index (Phi) is 4.28. The molecule has 6 nitrogen and oxygen atoms in total. The van der Waals surface area contributed by atoms with Crippen LogP contribution in [0.3, 0.4) is 0 Å². The Balaban J connectivity index is 2.25. The van der Waals surface area contributed by atoms with E-state index in [1.165, 1.54) is 6.20 Å². The summed E-state index contributed by atoms with van der Waals surface area (Å²) in [5.74, 6) is -1.86. The lowest BCUT2D eigenvalue weighted by molar-refractivity contribution is 0.0995. The summed E-state index contributed by atoms with van der Waals surface area (Å²) in [6.45, 7) is -1.13. The number of halogens is 3. The Labute approximate surface area is 119 Å². The zero-order valence-electron chi connectivity index (χ0n) is 9.90. The molecule has 0 atom stereocenters. The van der Waals surface area contributed by atoms with Crippen LogP contribution in [0.25, 0.3) is 0 Å². The molecule has 0 aliphatic heterocycles. The molecule has 0 fully saturated rings. The van der Waals surface area contributed by atoms with Gasteiger partial charge in [0.1, 0.15) is 6.67 Å². The maximum absolute atomic E-state index is 13.4. The number of hydrogen-bond donors (Lipinski definition) is 1. The second-order valence-electron chi connectivity index (χ2n) is 3.70. The minimum Gasteiger partial charge on any atom is -0.426 e. The average Bonchev–Trinajstić information content (AvgIpc) is 2.82. The van der Waals surface area contributed by atoms with Crippen molar-refractivity contribution in [1.29, 1.82) is 0 Å². The highest BCUT2D eigenvalue weighted by molar-refractivity contribution is 9.10. The van der Waals surface area contributed by atoms with Gasteiger partial charge in [0.2, 0.25) is 5.76 Å². The molecule has 1 N–H and O–H groups in total. The van der Waals surface area contributed by atoms with Gasteiger partial charge in [-0.2, -0.15) is 0 Å². The summed E-state index contributed by atoms with van der Waals surface area (Å²) < 4.78 is 31.4. The van der Waals surface area contributed by atoms with E-state index in [1.807, 2.05) is 0 Å². The van der Waals surface area contributed by atoms with Gasteiger partial charge in [-0.1, -0.05) is 0 Å². The predicted octanol–water partition coefficient (Wildman–Crippen LogP) is 1.96. The van der Waals surface area contributed by atoms with Crippen LogP contribution in [0.15, 0.2) is 32.5 Å². The van der Waals surface area contributed by atoms with E-state index >= 15 is 0 Å². The lowest BCUT2D eigenvalue weighted by Crippen LogP contribution is -2.24. The van der Waals surface area contributed by atoms with Crippen molar-refractivity contribution in [3.8, 4) is 0 Å². The van der Waals surface area contributed by atoms with Gasteiger partial charge in [-0.15, -0.1) is 0 Å². The molecule has 1 amide bonds. The highest BCUT2D eigenvalue weighted by Gasteiger charge is 2.14. The molecule has 0 saturated carbocycles. The van der Waals surface area contributed by atoms with E-state index in [0.29, 0.717) is 0 Å². The van der Waals surface area contributed by atoms with Crippen LogP contribution >= 0.6 is 15.9 Å². The maximum atomic E-state index is 13.4. The van der Waals surface area contributed by atoms with E-state index in [4.69, 9.17) is 4.42 Å². The van der Waals surface area contributed by atoms with Gasteiger partial charge in [0.05, 0.1) is 18.4 Å². The molecular weight excluding hydrogens is 340 g/mol. The van der Waals surface area contributed by atoms with Gasteiger partial charge in [-0.3, -0.25) is 9.59 Å². The van der Waals surface area contributed by atoms with Crippen molar-refractivity contribution >= 4 is 27.5 Å². The molecule has 2 aromatic heterocycles. The van der Waals surface area contributed by atoms with Gasteiger partial charge in [-0.25, -0.2) is 13.8 Å². The zero-order chi connectivity index (χ0) is 14.7. The quantitative estimate of drug-likeness (QED) is 0.917. The van der Waals surface area contributed by atoms with Crippen molar-refractivity contribution in [3.05, 3.63) is 45.2 Å². The largest absolute Gasteiger partial charge is 0.426 e. The molecule has 0 aliphatic carbocycles. The molecule has 0 unspecified atom stereocenters. The van der Waals surface area contributed by atoms with Crippen molar-refractivity contribution in [1.82, 2.24) is 9.55 Å². The first-order valence-corrected chi connectivity index (χ1v) is 6.19. The molecule has 0 radical (unpaired) electrons. The number of anilines is 1. The fraction of sp³-hybridized carbons (Fsp3) is 0.182. The van der Waals surface area contributed by atoms with E-state index in [1.54, 1.807) is 0 Å². The number of rotatable bonds is 4. The lowest BCUT2D eigenvalue weighted by atomic mass is 10.3. The van der Waals surface area contributed by atoms with Crippen molar-refractivity contribution in [2.75, 3.05) is 12.0 Å². The van der Waals surface area contributed by atoms with Crippen molar-refractivity contribution < 1.29 is 18.0 Å². The molecule has 106 valence electrons. The summed E-state index contributed by atoms with van der Waals surface area (Å²) in [5.41, 5.74) is -0.948. The number of carbonyl (C=O) groups is 1. The van der Waals surface area contributed by atoms with Crippen LogP contribution in [0.2, 0.25) is 0 Å². The van der Waals surface area contributed by atoms with Crippen molar-refractivity contribution in [2.45, 2.75) is 6.54 Å². The van der Waals surface area contributed by atoms with Gasteiger partial charge in [0, 0.05) is 28.2 Å². The smallest absolute Gasteiger partial charge is 0.293 e. The highest BCUT2D eigenvalue weighted by atomic mass is 79.9. The Morgan fingerprint density at radius 2 is 2.30 bits per heavy atom. The first-order chi connectivity index (χ1) is 9.51. The van der Waals surface area contributed by atoms with E-state index in [-0.39, 0.29) is 22.8 Å². The number of nitrogens with zero attached hydrogens (tertiary/aromatic N) is 2. The summed E-state index contributed by atoms with van der Waals surface area (Å²) in [4.78, 5) is 26.9. The fourth-order valence-corrected chi connectivity index (χ4v) is 1.75. The van der Waals surface area contributed by atoms with Gasteiger partial charge in [0.25, 0.3) is 16.3 Å². The number of amides is 1. The van der Waals surface area contributed by atoms with E-state index in [0.717, 1.165) is 16.8 Å². The van der Waals surface area contributed by atoms with Crippen LogP contribution in [-0.4, -0.2) is 22.1 Å². The zero-order valence-corrected chi connectivity index (χ0v) is 11.5. The van der Waals surface area contributed by atoms with E-state index < -0.39 is 24.0 Å². The highest BCUT2D eigenvalue weighted by Crippen LogP contribution is 2.13. The molecule has 2 rings (SSSR count). The van der Waals surface area contributed by atoms with Crippen LogP contribution in [0.1, 0.15) is 10.6 Å². The SMILES string of the molecule is O=C(Nc1cc(F)c(=O)n(CCF)c1)c1cnc(Br)o1. The number of aromatic nitrogens is 2. The molecule has 2 heterocycles. The molecule has 0 bridgehead atoms. The number of hydrogen-bond acceptors (Lipinski definition) is 4. The van der Waals surface area contributed by atoms with Crippen molar-refractivity contribution in [2.24, 2.45) is 0 Å². The molecule has 20 heavy (non-hydrogen) atoms. The number of alkyl halides is 1. The second-order valence-corrected chi connectivity index (χ2v) is 4.37. The molecule has 0 saturated heterocycles. The molecular formula is C11H8BrF2N3O3. The number of carbonyl (C=O) groups excluding carboxylic acids is 1. The Hall–Kier alpha value is -2.03. The van der Waals surface area contributed by atoms with Crippen molar-refractivity contribution in [3.63, 3.8) is 0 Å². The molecule has 2 aromatic rings. The summed E-state index contributed by atoms with van der Waals surface area (Å²) >= 11 is 2.93. The van der Waals surface area contributed by atoms with Gasteiger partial charge >= 0.3 is 0 Å². The predicted molar refractivity (Wildman–Crippen MR) is 68.8 cm³/mol. The molecule has 0 aliphatic rings. The minimum atomic E-state index is -1.09. The minimum absolute atomic E-state index is 0.00747. The van der Waals surface area contributed by atoms with Crippen LogP contribution < -0.4 is 10.9 Å². The van der Waals surface area contributed by atoms with Gasteiger partial charge in [0.15, 0.2) is 5.82 Å². The third-order valence-corrected chi connectivity index (χ3v) is 2.69. The third kappa shape index (κ3) is 3.10. The maximum Gasteiger partial charge on any atom is 0.293 e. The molecule has 0 spiro atoms. The second kappa shape index (κ2) is 5.95. The third-order valence-electron chi connectivity index (χ3n) is 2.33. The van der Waals surface area contributed by atoms with Crippen LogP contribution in [0.5, 0.6) is 0 Å². The molecule has 9 heteroatoms. The Morgan fingerprint density at radius 1 is 1.55 bits per heavy atom. The van der Waals surface area contributed by atoms with E-state index in [2.05, 4.69) is 26.2 Å². The summed E-state index contributed by atoms with van der Waals surface area (Å²) in [6.07, 6.45) is 2.32.